The first-order valence-electron chi connectivity index (χ1n) is 12.6. The fraction of sp³-hybridized carbons (Fsp3) is 0.444. The van der Waals surface area contributed by atoms with Gasteiger partial charge in [-0.2, -0.15) is 26.3 Å². The van der Waals surface area contributed by atoms with E-state index in [-0.39, 0.29) is 26.3 Å². The fourth-order valence-electron chi connectivity index (χ4n) is 4.61. The smallest absolute Gasteiger partial charge is 0.385 e. The van der Waals surface area contributed by atoms with Gasteiger partial charge < -0.3 is 20.3 Å². The van der Waals surface area contributed by atoms with Gasteiger partial charge in [0.2, 0.25) is 5.91 Å². The van der Waals surface area contributed by atoms with Crippen molar-refractivity contribution in [2.45, 2.75) is 35.0 Å². The summed E-state index contributed by atoms with van der Waals surface area (Å²) in [4.78, 5) is 13.5. The fourth-order valence-corrected chi connectivity index (χ4v) is 5.65. The number of alkyl halides is 6. The number of hydrogen-bond donors (Lipinski definition) is 2. The molecule has 2 fully saturated rings. The Morgan fingerprint density at radius 2 is 1.72 bits per heavy atom. The van der Waals surface area contributed by atoms with E-state index in [4.69, 9.17) is 4.74 Å². The van der Waals surface area contributed by atoms with Gasteiger partial charge in [-0.05, 0) is 67.8 Å². The van der Waals surface area contributed by atoms with Gasteiger partial charge in [0.25, 0.3) is 0 Å². The van der Waals surface area contributed by atoms with Gasteiger partial charge in [0.15, 0.2) is 0 Å². The largest absolute Gasteiger partial charge is 0.418 e. The first-order valence-corrected chi connectivity index (χ1v) is 13.4. The van der Waals surface area contributed by atoms with E-state index < -0.39 is 39.8 Å². The number of halogens is 6. The molecule has 0 atom stereocenters. The van der Waals surface area contributed by atoms with Crippen LogP contribution in [-0.4, -0.2) is 56.7 Å². The van der Waals surface area contributed by atoms with Crippen molar-refractivity contribution in [3.05, 3.63) is 59.2 Å². The summed E-state index contributed by atoms with van der Waals surface area (Å²) in [6.07, 6.45) is -6.89. The number of carbonyl (C=O) groups is 1. The van der Waals surface area contributed by atoms with Crippen molar-refractivity contribution in [2.24, 2.45) is 5.92 Å². The van der Waals surface area contributed by atoms with Gasteiger partial charge in [0.05, 0.1) is 24.3 Å². The molecule has 0 spiro atoms. The number of piperidine rings is 1. The summed E-state index contributed by atoms with van der Waals surface area (Å²) in [6.45, 7) is 3.63. The first kappa shape index (κ1) is 29.3. The Balaban J connectivity index is 1.61. The van der Waals surface area contributed by atoms with Gasteiger partial charge in [-0.25, -0.2) is 0 Å². The summed E-state index contributed by atoms with van der Waals surface area (Å²) in [7, 11) is 0. The van der Waals surface area contributed by atoms with Crippen molar-refractivity contribution in [3.63, 3.8) is 0 Å². The maximum atomic E-state index is 14.2. The Kier molecular flexibility index (Phi) is 9.50. The second kappa shape index (κ2) is 12.6. The second-order valence-electron chi connectivity index (χ2n) is 9.37. The molecule has 2 aliphatic rings. The number of amides is 1. The molecule has 1 amide bonds. The highest BCUT2D eigenvalue weighted by Gasteiger charge is 2.46. The van der Waals surface area contributed by atoms with E-state index >= 15 is 0 Å². The Morgan fingerprint density at radius 3 is 2.38 bits per heavy atom. The Hall–Kier alpha value is -2.70. The van der Waals surface area contributed by atoms with Crippen LogP contribution in [0.2, 0.25) is 0 Å². The molecular weight excluding hydrogens is 544 g/mol. The number of rotatable bonds is 7. The van der Waals surface area contributed by atoms with Crippen LogP contribution < -0.4 is 10.6 Å². The van der Waals surface area contributed by atoms with Gasteiger partial charge in [0, 0.05) is 41.2 Å². The number of benzene rings is 2. The molecule has 2 aliphatic heterocycles. The Bertz CT molecular complexity index is 1170. The monoisotopic (exact) mass is 573 g/mol. The second-order valence-corrected chi connectivity index (χ2v) is 10.5. The van der Waals surface area contributed by atoms with Crippen LogP contribution in [-0.2, 0) is 21.9 Å². The highest BCUT2D eigenvalue weighted by atomic mass is 32.2. The number of anilines is 1. The highest BCUT2D eigenvalue weighted by molar-refractivity contribution is 7.99. The van der Waals surface area contributed by atoms with Crippen LogP contribution in [0.4, 0.5) is 32.0 Å². The maximum Gasteiger partial charge on any atom is 0.418 e. The van der Waals surface area contributed by atoms with Crippen LogP contribution >= 0.6 is 11.8 Å². The molecule has 0 aromatic heterocycles. The van der Waals surface area contributed by atoms with Crippen molar-refractivity contribution >= 4 is 29.4 Å². The molecule has 5 nitrogen and oxygen atoms in total. The third-order valence-electron chi connectivity index (χ3n) is 6.61. The third-order valence-corrected chi connectivity index (χ3v) is 7.66. The number of nitrogens with zero attached hydrogens (tertiary/aromatic N) is 1. The van der Waals surface area contributed by atoms with E-state index in [1.54, 1.807) is 24.3 Å². The topological polar surface area (TPSA) is 53.6 Å². The van der Waals surface area contributed by atoms with Crippen molar-refractivity contribution in [1.29, 1.82) is 0 Å². The molecule has 39 heavy (non-hydrogen) atoms. The SMILES string of the molecule is O=C(/C=C/c1ccc(Sc2cccc(NCC3CCNCC3)c2)c(C(F)(F)F)c1C(F)(F)F)N1CCOCC1. The lowest BCUT2D eigenvalue weighted by Crippen LogP contribution is -2.39. The van der Waals surface area contributed by atoms with E-state index in [1.807, 2.05) is 0 Å². The van der Waals surface area contributed by atoms with Crippen molar-refractivity contribution < 1.29 is 35.9 Å². The number of ether oxygens (including phenoxy) is 1. The normalized spacial score (nSPS) is 17.5. The lowest BCUT2D eigenvalue weighted by atomic mass is 9.98. The molecular formula is C27H29F6N3O2S. The van der Waals surface area contributed by atoms with Crippen LogP contribution in [0, 0.1) is 5.92 Å². The summed E-state index contributed by atoms with van der Waals surface area (Å²) in [5.41, 5.74) is -3.62. The minimum absolute atomic E-state index is 0.254. The molecule has 212 valence electrons. The zero-order valence-electron chi connectivity index (χ0n) is 21.0. The average Bonchev–Trinajstić information content (AvgIpc) is 2.91. The molecule has 0 bridgehead atoms. The molecule has 0 unspecified atom stereocenters. The average molecular weight is 574 g/mol. The first-order chi connectivity index (χ1) is 18.5. The quantitative estimate of drug-likeness (QED) is 0.307. The minimum Gasteiger partial charge on any atom is -0.385 e. The third kappa shape index (κ3) is 7.92. The molecule has 2 aromatic carbocycles. The molecule has 0 radical (unpaired) electrons. The number of hydrogen-bond acceptors (Lipinski definition) is 5. The van der Waals surface area contributed by atoms with E-state index in [9.17, 15) is 31.1 Å². The van der Waals surface area contributed by atoms with Crippen LogP contribution in [0.15, 0.2) is 52.3 Å². The predicted octanol–water partition coefficient (Wildman–Crippen LogP) is 6.16. The highest BCUT2D eigenvalue weighted by Crippen LogP contribution is 2.48. The summed E-state index contributed by atoms with van der Waals surface area (Å²) in [5.74, 6) is -0.128. The number of nitrogens with one attached hydrogen (secondary N) is 2. The van der Waals surface area contributed by atoms with Crippen LogP contribution in [0.25, 0.3) is 6.08 Å². The molecule has 2 N–H and O–H groups in total. The number of carbonyl (C=O) groups excluding carboxylic acids is 1. The van der Waals surface area contributed by atoms with E-state index in [0.717, 1.165) is 50.2 Å². The van der Waals surface area contributed by atoms with E-state index in [1.165, 1.54) is 4.90 Å². The zero-order chi connectivity index (χ0) is 28.0. The summed E-state index contributed by atoms with van der Waals surface area (Å²) in [6, 6.07) is 8.62. The summed E-state index contributed by atoms with van der Waals surface area (Å²) in [5, 5.41) is 6.57. The van der Waals surface area contributed by atoms with Gasteiger partial charge in [-0.1, -0.05) is 23.9 Å². The molecule has 0 aliphatic carbocycles. The number of morpholine rings is 1. The predicted molar refractivity (Wildman–Crippen MR) is 138 cm³/mol. The summed E-state index contributed by atoms with van der Waals surface area (Å²) >= 11 is 0.620. The van der Waals surface area contributed by atoms with Crippen molar-refractivity contribution in [2.75, 3.05) is 51.3 Å². The maximum absolute atomic E-state index is 14.2. The van der Waals surface area contributed by atoms with Crippen molar-refractivity contribution in [1.82, 2.24) is 10.2 Å². The van der Waals surface area contributed by atoms with Crippen molar-refractivity contribution in [3.8, 4) is 0 Å². The van der Waals surface area contributed by atoms with Gasteiger partial charge in [-0.15, -0.1) is 0 Å². The van der Waals surface area contributed by atoms with E-state index in [0.29, 0.717) is 34.8 Å². The molecule has 4 rings (SSSR count). The molecule has 2 heterocycles. The van der Waals surface area contributed by atoms with Gasteiger partial charge in [0.1, 0.15) is 0 Å². The van der Waals surface area contributed by atoms with Crippen LogP contribution in [0.3, 0.4) is 0 Å². The van der Waals surface area contributed by atoms with E-state index in [2.05, 4.69) is 10.6 Å². The van der Waals surface area contributed by atoms with Gasteiger partial charge in [-0.3, -0.25) is 4.79 Å². The molecule has 0 saturated carbocycles. The minimum atomic E-state index is -5.30. The molecule has 12 heteroatoms. The lowest BCUT2D eigenvalue weighted by molar-refractivity contribution is -0.163. The standard InChI is InChI=1S/C27H29F6N3O2S/c28-26(29,30)24-19(5-7-23(37)36-12-14-38-15-13-36)4-6-22(25(24)27(31,32)33)39-21-3-1-2-20(16-21)35-17-18-8-10-34-11-9-18/h1-7,16,18,34-35H,8-15,17H2/b7-5+. The lowest BCUT2D eigenvalue weighted by Gasteiger charge is -2.25. The Labute approximate surface area is 227 Å². The van der Waals surface area contributed by atoms with Gasteiger partial charge >= 0.3 is 12.4 Å². The molecule has 2 aromatic rings. The molecule has 2 saturated heterocycles. The summed E-state index contributed by atoms with van der Waals surface area (Å²) < 4.78 is 90.0. The van der Waals surface area contributed by atoms with Crippen LogP contribution in [0.1, 0.15) is 29.5 Å². The van der Waals surface area contributed by atoms with Crippen LogP contribution in [0.5, 0.6) is 0 Å². The zero-order valence-corrected chi connectivity index (χ0v) is 21.8. The Morgan fingerprint density at radius 1 is 1.03 bits per heavy atom.